The van der Waals surface area contributed by atoms with Gasteiger partial charge >= 0.3 is 0 Å². The summed E-state index contributed by atoms with van der Waals surface area (Å²) in [5.74, 6) is 0.228. The molecule has 0 fully saturated rings. The first-order valence-corrected chi connectivity index (χ1v) is 8.29. The quantitative estimate of drug-likeness (QED) is 0.633. The first-order chi connectivity index (χ1) is 10.8. The SMILES string of the molecule is COc1ccc(S(=O)(=O)Nc2cccc([N+](=O)[O-])c2)c(Cl)c1Cl. The number of rotatable bonds is 5. The average molecular weight is 377 g/mol. The van der Waals surface area contributed by atoms with Gasteiger partial charge in [-0.15, -0.1) is 0 Å². The first kappa shape index (κ1) is 17.3. The van der Waals surface area contributed by atoms with Crippen LogP contribution in [0.25, 0.3) is 0 Å². The van der Waals surface area contributed by atoms with E-state index in [-0.39, 0.29) is 32.1 Å². The Balaban J connectivity index is 2.42. The fourth-order valence-corrected chi connectivity index (χ4v) is 3.66. The standard InChI is InChI=1S/C13H10Cl2N2O5S/c1-22-10-5-6-11(13(15)12(10)14)23(20,21)16-8-3-2-4-9(7-8)17(18)19/h2-7,16H,1H3. The zero-order valence-corrected chi connectivity index (χ0v) is 13.9. The van der Waals surface area contributed by atoms with Crippen LogP contribution in [0.4, 0.5) is 11.4 Å². The lowest BCUT2D eigenvalue weighted by Gasteiger charge is -2.12. The molecule has 0 aromatic heterocycles. The third-order valence-electron chi connectivity index (χ3n) is 2.83. The normalized spacial score (nSPS) is 11.1. The Morgan fingerprint density at radius 3 is 2.48 bits per heavy atom. The Bertz CT molecular complexity index is 871. The Morgan fingerprint density at radius 2 is 1.87 bits per heavy atom. The summed E-state index contributed by atoms with van der Waals surface area (Å²) in [7, 11) is -2.71. The molecule has 2 rings (SSSR count). The molecule has 0 heterocycles. The van der Waals surface area contributed by atoms with E-state index in [0.29, 0.717) is 0 Å². The van der Waals surface area contributed by atoms with E-state index in [1.807, 2.05) is 0 Å². The molecule has 2 aromatic rings. The summed E-state index contributed by atoms with van der Waals surface area (Å²) in [5, 5.41) is 10.5. The van der Waals surface area contributed by atoms with E-state index in [4.69, 9.17) is 27.9 Å². The van der Waals surface area contributed by atoms with Crippen molar-refractivity contribution in [1.29, 1.82) is 0 Å². The van der Waals surface area contributed by atoms with Gasteiger partial charge in [-0.3, -0.25) is 14.8 Å². The molecule has 122 valence electrons. The summed E-state index contributed by atoms with van der Waals surface area (Å²) < 4.78 is 31.9. The van der Waals surface area contributed by atoms with E-state index in [1.165, 1.54) is 37.4 Å². The van der Waals surface area contributed by atoms with Crippen LogP contribution >= 0.6 is 23.2 Å². The number of halogens is 2. The van der Waals surface area contributed by atoms with Crippen LogP contribution < -0.4 is 9.46 Å². The van der Waals surface area contributed by atoms with Crippen LogP contribution in [-0.2, 0) is 10.0 Å². The lowest BCUT2D eigenvalue weighted by atomic mass is 10.3. The maximum absolute atomic E-state index is 12.4. The lowest BCUT2D eigenvalue weighted by molar-refractivity contribution is -0.384. The van der Waals surface area contributed by atoms with E-state index in [1.54, 1.807) is 0 Å². The predicted octanol–water partition coefficient (Wildman–Crippen LogP) is 3.71. The summed E-state index contributed by atoms with van der Waals surface area (Å²) in [5.41, 5.74) is -0.216. The second kappa shape index (κ2) is 6.61. The van der Waals surface area contributed by atoms with Crippen molar-refractivity contribution in [2.45, 2.75) is 4.90 Å². The summed E-state index contributed by atoms with van der Waals surface area (Å²) in [6.45, 7) is 0. The molecular weight excluding hydrogens is 367 g/mol. The van der Waals surface area contributed by atoms with E-state index in [9.17, 15) is 18.5 Å². The molecule has 2 aromatic carbocycles. The fourth-order valence-electron chi connectivity index (χ4n) is 1.77. The number of hydrogen-bond acceptors (Lipinski definition) is 5. The Labute approximate surface area is 142 Å². The van der Waals surface area contributed by atoms with Gasteiger partial charge in [-0.05, 0) is 18.2 Å². The molecule has 23 heavy (non-hydrogen) atoms. The minimum Gasteiger partial charge on any atom is -0.495 e. The van der Waals surface area contributed by atoms with Gasteiger partial charge < -0.3 is 4.74 Å². The zero-order chi connectivity index (χ0) is 17.2. The first-order valence-electron chi connectivity index (χ1n) is 6.05. The molecule has 0 unspecified atom stereocenters. The van der Waals surface area contributed by atoms with E-state index >= 15 is 0 Å². The Kier molecular flexibility index (Phi) is 4.98. The van der Waals surface area contributed by atoms with Crippen LogP contribution in [0.3, 0.4) is 0 Å². The molecule has 0 aliphatic rings. The predicted molar refractivity (Wildman–Crippen MR) is 86.9 cm³/mol. The van der Waals surface area contributed by atoms with Gasteiger partial charge in [-0.25, -0.2) is 8.42 Å². The molecule has 1 N–H and O–H groups in total. The van der Waals surface area contributed by atoms with Gasteiger partial charge in [0.25, 0.3) is 15.7 Å². The number of anilines is 1. The van der Waals surface area contributed by atoms with Crippen LogP contribution in [0.5, 0.6) is 5.75 Å². The molecule has 0 aliphatic heterocycles. The highest BCUT2D eigenvalue weighted by Gasteiger charge is 2.22. The highest BCUT2D eigenvalue weighted by atomic mass is 35.5. The number of hydrogen-bond donors (Lipinski definition) is 1. The number of nitrogens with one attached hydrogen (secondary N) is 1. The maximum Gasteiger partial charge on any atom is 0.271 e. The monoisotopic (exact) mass is 376 g/mol. The second-order valence-corrected chi connectivity index (χ2v) is 6.71. The fraction of sp³-hybridized carbons (Fsp3) is 0.0769. The summed E-state index contributed by atoms with van der Waals surface area (Å²) in [4.78, 5) is 9.84. The Morgan fingerprint density at radius 1 is 1.17 bits per heavy atom. The lowest BCUT2D eigenvalue weighted by Crippen LogP contribution is -2.13. The number of benzene rings is 2. The number of non-ortho nitro benzene ring substituents is 1. The number of sulfonamides is 1. The van der Waals surface area contributed by atoms with Gasteiger partial charge in [-0.1, -0.05) is 29.3 Å². The summed E-state index contributed by atoms with van der Waals surface area (Å²) in [6.07, 6.45) is 0. The molecule has 0 amide bonds. The Hall–Kier alpha value is -2.03. The average Bonchev–Trinajstić information content (AvgIpc) is 2.49. The van der Waals surface area contributed by atoms with Crippen molar-refractivity contribution in [3.8, 4) is 5.75 Å². The topological polar surface area (TPSA) is 98.5 Å². The number of nitro benzene ring substituents is 1. The number of ether oxygens (including phenoxy) is 1. The van der Waals surface area contributed by atoms with E-state index < -0.39 is 14.9 Å². The molecule has 0 bridgehead atoms. The molecule has 0 aliphatic carbocycles. The number of methoxy groups -OCH3 is 1. The number of nitrogens with zero attached hydrogens (tertiary/aromatic N) is 1. The van der Waals surface area contributed by atoms with Crippen LogP contribution in [0.1, 0.15) is 0 Å². The maximum atomic E-state index is 12.4. The smallest absolute Gasteiger partial charge is 0.271 e. The van der Waals surface area contributed by atoms with Crippen molar-refractivity contribution in [1.82, 2.24) is 0 Å². The van der Waals surface area contributed by atoms with Crippen molar-refractivity contribution in [3.63, 3.8) is 0 Å². The van der Waals surface area contributed by atoms with Gasteiger partial charge in [0.05, 0.1) is 22.7 Å². The molecular formula is C13H10Cl2N2O5S. The highest BCUT2D eigenvalue weighted by Crippen LogP contribution is 2.37. The molecule has 0 saturated carbocycles. The minimum absolute atomic E-state index is 0.0298. The molecule has 0 radical (unpaired) electrons. The second-order valence-electron chi connectivity index (χ2n) is 4.31. The number of nitro groups is 1. The third-order valence-corrected chi connectivity index (χ3v) is 5.23. The van der Waals surface area contributed by atoms with Gasteiger partial charge in [0, 0.05) is 12.1 Å². The third kappa shape index (κ3) is 3.66. The van der Waals surface area contributed by atoms with Crippen molar-refractivity contribution >= 4 is 44.6 Å². The van der Waals surface area contributed by atoms with Gasteiger partial charge in [0.2, 0.25) is 0 Å². The van der Waals surface area contributed by atoms with Crippen molar-refractivity contribution < 1.29 is 18.1 Å². The van der Waals surface area contributed by atoms with Crippen LogP contribution in [-0.4, -0.2) is 20.5 Å². The molecule has 0 saturated heterocycles. The van der Waals surface area contributed by atoms with Crippen LogP contribution in [0.15, 0.2) is 41.3 Å². The van der Waals surface area contributed by atoms with Crippen LogP contribution in [0, 0.1) is 10.1 Å². The van der Waals surface area contributed by atoms with Gasteiger partial charge in [-0.2, -0.15) is 0 Å². The summed E-state index contributed by atoms with van der Waals surface area (Å²) in [6, 6.07) is 7.66. The van der Waals surface area contributed by atoms with E-state index in [0.717, 1.165) is 6.07 Å². The highest BCUT2D eigenvalue weighted by molar-refractivity contribution is 7.92. The van der Waals surface area contributed by atoms with Crippen molar-refractivity contribution in [2.24, 2.45) is 0 Å². The minimum atomic E-state index is -4.08. The largest absolute Gasteiger partial charge is 0.495 e. The zero-order valence-electron chi connectivity index (χ0n) is 11.6. The molecule has 10 heteroatoms. The molecule has 7 nitrogen and oxygen atoms in total. The summed E-state index contributed by atoms with van der Waals surface area (Å²) >= 11 is 11.9. The van der Waals surface area contributed by atoms with Crippen LogP contribution in [0.2, 0.25) is 10.0 Å². The molecule has 0 spiro atoms. The van der Waals surface area contributed by atoms with Crippen molar-refractivity contribution in [2.75, 3.05) is 11.8 Å². The van der Waals surface area contributed by atoms with Gasteiger partial charge in [0.1, 0.15) is 15.7 Å². The van der Waals surface area contributed by atoms with Crippen molar-refractivity contribution in [3.05, 3.63) is 56.6 Å². The van der Waals surface area contributed by atoms with Gasteiger partial charge in [0.15, 0.2) is 0 Å². The van der Waals surface area contributed by atoms with E-state index in [2.05, 4.69) is 4.72 Å². The molecule has 0 atom stereocenters.